The Hall–Kier alpha value is -1.22. The van der Waals surface area contributed by atoms with E-state index in [9.17, 15) is 4.79 Å². The number of hydrogen-bond acceptors (Lipinski definition) is 2. The fraction of sp³-hybridized carbons (Fsp3) is 0.500. The highest BCUT2D eigenvalue weighted by Gasteiger charge is 2.11. The van der Waals surface area contributed by atoms with Crippen molar-refractivity contribution >= 4 is 24.0 Å². The molecule has 102 valence electrons. The number of hydrogen-bond donors (Lipinski definition) is 1. The van der Waals surface area contributed by atoms with Crippen molar-refractivity contribution in [2.75, 3.05) is 18.8 Å². The zero-order valence-electron chi connectivity index (χ0n) is 11.2. The Morgan fingerprint density at radius 2 is 1.83 bits per heavy atom. The number of anilines is 1. The first-order valence-corrected chi connectivity index (χ1v) is 6.29. The highest BCUT2D eigenvalue weighted by molar-refractivity contribution is 5.85. The maximum atomic E-state index is 12.0. The van der Waals surface area contributed by atoms with Crippen LogP contribution in [0.2, 0.25) is 0 Å². The van der Waals surface area contributed by atoms with Gasteiger partial charge in [-0.15, -0.1) is 12.4 Å². The second kappa shape index (κ2) is 8.81. The number of nitrogen functional groups attached to an aromatic ring is 1. The number of rotatable bonds is 6. The summed E-state index contributed by atoms with van der Waals surface area (Å²) in [5.41, 5.74) is 7.38. The second-order valence-electron chi connectivity index (χ2n) is 4.25. The second-order valence-corrected chi connectivity index (χ2v) is 4.25. The summed E-state index contributed by atoms with van der Waals surface area (Å²) in [6, 6.07) is 7.51. The van der Waals surface area contributed by atoms with E-state index in [1.807, 2.05) is 36.1 Å². The van der Waals surface area contributed by atoms with Crippen LogP contribution in [-0.2, 0) is 11.2 Å². The van der Waals surface area contributed by atoms with Crippen LogP contribution in [0.4, 0.5) is 5.69 Å². The monoisotopic (exact) mass is 270 g/mol. The zero-order chi connectivity index (χ0) is 12.7. The average molecular weight is 271 g/mol. The van der Waals surface area contributed by atoms with E-state index in [1.54, 1.807) is 0 Å². The van der Waals surface area contributed by atoms with Crippen molar-refractivity contribution in [3.05, 3.63) is 29.8 Å². The van der Waals surface area contributed by atoms with Crippen LogP contribution in [0, 0.1) is 0 Å². The Labute approximate surface area is 116 Å². The van der Waals surface area contributed by atoms with E-state index >= 15 is 0 Å². The third-order valence-electron chi connectivity index (χ3n) is 2.85. The van der Waals surface area contributed by atoms with Gasteiger partial charge < -0.3 is 10.6 Å². The zero-order valence-corrected chi connectivity index (χ0v) is 12.0. The van der Waals surface area contributed by atoms with Gasteiger partial charge in [0, 0.05) is 18.8 Å². The SMILES string of the molecule is CCCCN(CC)C(=O)Cc1ccc(N)cc1.Cl. The van der Waals surface area contributed by atoms with Crippen molar-refractivity contribution in [1.29, 1.82) is 0 Å². The number of benzene rings is 1. The molecule has 0 bridgehead atoms. The predicted molar refractivity (Wildman–Crippen MR) is 79.0 cm³/mol. The highest BCUT2D eigenvalue weighted by atomic mass is 35.5. The number of amides is 1. The molecule has 1 rings (SSSR count). The summed E-state index contributed by atoms with van der Waals surface area (Å²) < 4.78 is 0. The van der Waals surface area contributed by atoms with Gasteiger partial charge in [-0.1, -0.05) is 25.5 Å². The summed E-state index contributed by atoms with van der Waals surface area (Å²) in [6.07, 6.45) is 2.66. The van der Waals surface area contributed by atoms with Gasteiger partial charge in [0.25, 0.3) is 0 Å². The first kappa shape index (κ1) is 16.8. The van der Waals surface area contributed by atoms with Crippen molar-refractivity contribution in [3.8, 4) is 0 Å². The van der Waals surface area contributed by atoms with Crippen molar-refractivity contribution in [3.63, 3.8) is 0 Å². The summed E-state index contributed by atoms with van der Waals surface area (Å²) in [4.78, 5) is 13.9. The Kier molecular flexibility index (Phi) is 8.21. The number of nitrogens with zero attached hydrogens (tertiary/aromatic N) is 1. The molecular weight excluding hydrogens is 248 g/mol. The van der Waals surface area contributed by atoms with E-state index in [4.69, 9.17) is 5.73 Å². The smallest absolute Gasteiger partial charge is 0.226 e. The number of carbonyl (C=O) groups excluding carboxylic acids is 1. The van der Waals surface area contributed by atoms with Crippen molar-refractivity contribution in [2.24, 2.45) is 0 Å². The Morgan fingerprint density at radius 1 is 1.22 bits per heavy atom. The van der Waals surface area contributed by atoms with Gasteiger partial charge in [0.2, 0.25) is 5.91 Å². The molecule has 3 nitrogen and oxygen atoms in total. The lowest BCUT2D eigenvalue weighted by molar-refractivity contribution is -0.130. The highest BCUT2D eigenvalue weighted by Crippen LogP contribution is 2.08. The molecule has 0 atom stereocenters. The van der Waals surface area contributed by atoms with Gasteiger partial charge in [-0.3, -0.25) is 4.79 Å². The van der Waals surface area contributed by atoms with E-state index in [1.165, 1.54) is 0 Å². The molecule has 0 saturated carbocycles. The fourth-order valence-corrected chi connectivity index (χ4v) is 1.73. The molecule has 0 aliphatic carbocycles. The van der Waals surface area contributed by atoms with Crippen LogP contribution in [0.25, 0.3) is 0 Å². The van der Waals surface area contributed by atoms with Crippen LogP contribution < -0.4 is 5.73 Å². The number of nitrogens with two attached hydrogens (primary N) is 1. The third-order valence-corrected chi connectivity index (χ3v) is 2.85. The van der Waals surface area contributed by atoms with E-state index in [0.29, 0.717) is 6.42 Å². The molecule has 0 saturated heterocycles. The van der Waals surface area contributed by atoms with Crippen LogP contribution in [0.5, 0.6) is 0 Å². The lowest BCUT2D eigenvalue weighted by Gasteiger charge is -2.20. The Bertz CT molecular complexity index is 351. The lowest BCUT2D eigenvalue weighted by Crippen LogP contribution is -2.32. The van der Waals surface area contributed by atoms with Gasteiger partial charge in [-0.05, 0) is 31.0 Å². The first-order chi connectivity index (χ1) is 8.17. The van der Waals surface area contributed by atoms with Gasteiger partial charge in [0.1, 0.15) is 0 Å². The summed E-state index contributed by atoms with van der Waals surface area (Å²) >= 11 is 0. The molecule has 4 heteroatoms. The molecule has 0 aliphatic rings. The van der Waals surface area contributed by atoms with Crippen molar-refractivity contribution in [2.45, 2.75) is 33.1 Å². The fourth-order valence-electron chi connectivity index (χ4n) is 1.73. The number of unbranched alkanes of at least 4 members (excludes halogenated alkanes) is 1. The Balaban J connectivity index is 0.00000289. The summed E-state index contributed by atoms with van der Waals surface area (Å²) in [5.74, 6) is 0.200. The normalized spacial score (nSPS) is 9.67. The molecule has 0 unspecified atom stereocenters. The molecule has 0 aliphatic heterocycles. The van der Waals surface area contributed by atoms with Crippen LogP contribution in [0.3, 0.4) is 0 Å². The maximum absolute atomic E-state index is 12.0. The van der Waals surface area contributed by atoms with E-state index in [2.05, 4.69) is 6.92 Å². The van der Waals surface area contributed by atoms with Crippen LogP contribution >= 0.6 is 12.4 Å². The summed E-state index contributed by atoms with van der Waals surface area (Å²) in [7, 11) is 0. The van der Waals surface area contributed by atoms with Gasteiger partial charge in [0.15, 0.2) is 0 Å². The third kappa shape index (κ3) is 5.41. The largest absolute Gasteiger partial charge is 0.399 e. The van der Waals surface area contributed by atoms with E-state index in [0.717, 1.165) is 37.2 Å². The first-order valence-electron chi connectivity index (χ1n) is 6.29. The minimum absolute atomic E-state index is 0. The standard InChI is InChI=1S/C14H22N2O.ClH/c1-3-5-10-16(4-2)14(17)11-12-6-8-13(15)9-7-12;/h6-9H,3-5,10-11,15H2,1-2H3;1H. The van der Waals surface area contributed by atoms with Crippen molar-refractivity contribution in [1.82, 2.24) is 4.90 Å². The van der Waals surface area contributed by atoms with E-state index < -0.39 is 0 Å². The number of likely N-dealkylation sites (N-methyl/N-ethyl adjacent to an activating group) is 1. The van der Waals surface area contributed by atoms with Crippen molar-refractivity contribution < 1.29 is 4.79 Å². The topological polar surface area (TPSA) is 46.3 Å². The molecule has 1 aromatic carbocycles. The maximum Gasteiger partial charge on any atom is 0.226 e. The molecule has 0 aromatic heterocycles. The predicted octanol–water partition coefficient (Wildman–Crippen LogP) is 2.88. The van der Waals surface area contributed by atoms with Gasteiger partial charge in [0.05, 0.1) is 6.42 Å². The molecule has 18 heavy (non-hydrogen) atoms. The molecular formula is C14H23ClN2O. The molecule has 0 fully saturated rings. The van der Waals surface area contributed by atoms with Crippen LogP contribution in [-0.4, -0.2) is 23.9 Å². The van der Waals surface area contributed by atoms with Gasteiger partial charge >= 0.3 is 0 Å². The molecule has 0 radical (unpaired) electrons. The number of halogens is 1. The van der Waals surface area contributed by atoms with Crippen LogP contribution in [0.1, 0.15) is 32.3 Å². The summed E-state index contributed by atoms with van der Waals surface area (Å²) in [5, 5.41) is 0. The molecule has 0 spiro atoms. The van der Waals surface area contributed by atoms with Gasteiger partial charge in [-0.2, -0.15) is 0 Å². The number of carbonyl (C=O) groups is 1. The molecule has 2 N–H and O–H groups in total. The Morgan fingerprint density at radius 3 is 2.33 bits per heavy atom. The lowest BCUT2D eigenvalue weighted by atomic mass is 10.1. The average Bonchev–Trinajstić information content (AvgIpc) is 2.33. The quantitative estimate of drug-likeness (QED) is 0.808. The molecule has 1 aromatic rings. The molecule has 0 heterocycles. The van der Waals surface area contributed by atoms with Gasteiger partial charge in [-0.25, -0.2) is 0 Å². The minimum Gasteiger partial charge on any atom is -0.399 e. The van der Waals surface area contributed by atoms with Crippen LogP contribution in [0.15, 0.2) is 24.3 Å². The summed E-state index contributed by atoms with van der Waals surface area (Å²) in [6.45, 7) is 5.81. The molecule has 1 amide bonds. The minimum atomic E-state index is 0. The van der Waals surface area contributed by atoms with E-state index in [-0.39, 0.29) is 18.3 Å².